The first kappa shape index (κ1) is 22.2. The first-order valence-electron chi connectivity index (χ1n) is 9.16. The lowest BCUT2D eigenvalue weighted by Gasteiger charge is -2.26. The minimum Gasteiger partial charge on any atom is -0.379 e. The molecule has 0 spiro atoms. The van der Waals surface area contributed by atoms with Crippen LogP contribution in [0.15, 0.2) is 29.3 Å². The molecule has 2 N–H and O–H groups in total. The Morgan fingerprint density at radius 1 is 1.16 bits per heavy atom. The first-order chi connectivity index (χ1) is 11.8. The van der Waals surface area contributed by atoms with E-state index in [1.54, 1.807) is 0 Å². The highest BCUT2D eigenvalue weighted by molar-refractivity contribution is 14.0. The van der Waals surface area contributed by atoms with Gasteiger partial charge in [-0.3, -0.25) is 4.90 Å². The monoisotopic (exact) mass is 460 g/mol. The fraction of sp³-hybridized carbons (Fsp3) is 0.632. The molecule has 1 saturated heterocycles. The standard InChI is InChI=1S/C19H32N4O.HI/c1-3-20-19(22-16-18-9-5-4-8-17(18)2)21-10-6-7-11-23-12-14-24-15-13-23;/h4-5,8-9H,3,6-7,10-16H2,1-2H3,(H2,20,21,22);1H. The third-order valence-electron chi connectivity index (χ3n) is 4.31. The Kier molecular flexibility index (Phi) is 11.9. The van der Waals surface area contributed by atoms with Gasteiger partial charge in [-0.05, 0) is 44.4 Å². The second kappa shape index (κ2) is 13.4. The summed E-state index contributed by atoms with van der Waals surface area (Å²) in [5.74, 6) is 0.909. The van der Waals surface area contributed by atoms with Crippen molar-refractivity contribution < 1.29 is 4.74 Å². The molecule has 0 aromatic heterocycles. The lowest BCUT2D eigenvalue weighted by molar-refractivity contribution is 0.0372. The molecule has 5 nitrogen and oxygen atoms in total. The van der Waals surface area contributed by atoms with Crippen LogP contribution in [0.1, 0.15) is 30.9 Å². The van der Waals surface area contributed by atoms with Crippen molar-refractivity contribution in [2.24, 2.45) is 4.99 Å². The van der Waals surface area contributed by atoms with E-state index in [4.69, 9.17) is 9.73 Å². The van der Waals surface area contributed by atoms with Crippen LogP contribution in [0.5, 0.6) is 0 Å². The zero-order valence-corrected chi connectivity index (χ0v) is 17.9. The maximum Gasteiger partial charge on any atom is 0.191 e. The molecule has 142 valence electrons. The summed E-state index contributed by atoms with van der Waals surface area (Å²) in [6.45, 7) is 11.9. The molecule has 2 rings (SSSR count). The lowest BCUT2D eigenvalue weighted by atomic mass is 10.1. The van der Waals surface area contributed by atoms with Crippen LogP contribution in [0.4, 0.5) is 0 Å². The fourth-order valence-electron chi connectivity index (χ4n) is 2.79. The van der Waals surface area contributed by atoms with Crippen molar-refractivity contribution in [2.75, 3.05) is 45.9 Å². The highest BCUT2D eigenvalue weighted by Crippen LogP contribution is 2.07. The number of nitrogens with zero attached hydrogens (tertiary/aromatic N) is 2. The third-order valence-corrected chi connectivity index (χ3v) is 4.31. The van der Waals surface area contributed by atoms with Crippen LogP contribution < -0.4 is 10.6 Å². The molecule has 0 saturated carbocycles. The Hall–Kier alpha value is -0.860. The minimum absolute atomic E-state index is 0. The molecule has 0 amide bonds. The number of hydrogen-bond donors (Lipinski definition) is 2. The maximum atomic E-state index is 5.38. The van der Waals surface area contributed by atoms with Gasteiger partial charge in [-0.15, -0.1) is 24.0 Å². The number of nitrogens with one attached hydrogen (secondary N) is 2. The van der Waals surface area contributed by atoms with Crippen molar-refractivity contribution in [1.29, 1.82) is 0 Å². The molecule has 25 heavy (non-hydrogen) atoms. The Balaban J connectivity index is 0.00000312. The zero-order valence-electron chi connectivity index (χ0n) is 15.6. The number of halogens is 1. The van der Waals surface area contributed by atoms with Crippen molar-refractivity contribution in [3.05, 3.63) is 35.4 Å². The Labute approximate surface area is 169 Å². The van der Waals surface area contributed by atoms with Gasteiger partial charge in [-0.2, -0.15) is 0 Å². The molecule has 0 unspecified atom stereocenters. The average molecular weight is 460 g/mol. The van der Waals surface area contributed by atoms with E-state index >= 15 is 0 Å². The number of aliphatic imine (C=N–C) groups is 1. The molecular weight excluding hydrogens is 427 g/mol. The van der Waals surface area contributed by atoms with Gasteiger partial charge < -0.3 is 15.4 Å². The second-order valence-corrected chi connectivity index (χ2v) is 6.21. The number of benzene rings is 1. The van der Waals surface area contributed by atoms with Crippen LogP contribution in [0, 0.1) is 6.92 Å². The van der Waals surface area contributed by atoms with Crippen LogP contribution in [0.25, 0.3) is 0 Å². The Bertz CT molecular complexity index is 504. The fourth-order valence-corrected chi connectivity index (χ4v) is 2.79. The molecule has 1 aliphatic rings. The summed E-state index contributed by atoms with van der Waals surface area (Å²) in [5, 5.41) is 6.77. The summed E-state index contributed by atoms with van der Waals surface area (Å²) in [5.41, 5.74) is 2.57. The molecule has 0 aliphatic carbocycles. The van der Waals surface area contributed by atoms with Gasteiger partial charge in [0.1, 0.15) is 0 Å². The predicted octanol–water partition coefficient (Wildman–Crippen LogP) is 2.78. The third kappa shape index (κ3) is 8.87. The number of guanidine groups is 1. The number of morpholine rings is 1. The van der Waals surface area contributed by atoms with Gasteiger partial charge in [-0.25, -0.2) is 4.99 Å². The number of unbranched alkanes of at least 4 members (excludes halogenated alkanes) is 1. The van der Waals surface area contributed by atoms with E-state index in [9.17, 15) is 0 Å². The van der Waals surface area contributed by atoms with Crippen LogP contribution in [0.3, 0.4) is 0 Å². The summed E-state index contributed by atoms with van der Waals surface area (Å²) >= 11 is 0. The van der Waals surface area contributed by atoms with Gasteiger partial charge >= 0.3 is 0 Å². The SMILES string of the molecule is CCNC(=NCc1ccccc1C)NCCCCN1CCOCC1.I. The molecule has 1 aromatic carbocycles. The molecule has 6 heteroatoms. The van der Waals surface area contributed by atoms with E-state index < -0.39 is 0 Å². The van der Waals surface area contributed by atoms with Gasteiger partial charge in [0.25, 0.3) is 0 Å². The van der Waals surface area contributed by atoms with Crippen molar-refractivity contribution >= 4 is 29.9 Å². The Morgan fingerprint density at radius 3 is 2.64 bits per heavy atom. The Morgan fingerprint density at radius 2 is 1.92 bits per heavy atom. The van der Waals surface area contributed by atoms with E-state index in [1.165, 1.54) is 24.1 Å². The highest BCUT2D eigenvalue weighted by Gasteiger charge is 2.09. The number of ether oxygens (including phenoxy) is 1. The van der Waals surface area contributed by atoms with Crippen LogP contribution in [-0.2, 0) is 11.3 Å². The van der Waals surface area contributed by atoms with E-state index in [0.717, 1.165) is 58.3 Å². The van der Waals surface area contributed by atoms with E-state index in [-0.39, 0.29) is 24.0 Å². The van der Waals surface area contributed by atoms with E-state index in [0.29, 0.717) is 0 Å². The van der Waals surface area contributed by atoms with Crippen LogP contribution in [-0.4, -0.2) is 56.8 Å². The number of aryl methyl sites for hydroxylation is 1. The maximum absolute atomic E-state index is 5.38. The van der Waals surface area contributed by atoms with Crippen molar-refractivity contribution in [3.63, 3.8) is 0 Å². The van der Waals surface area contributed by atoms with Crippen molar-refractivity contribution in [2.45, 2.75) is 33.2 Å². The van der Waals surface area contributed by atoms with Crippen molar-refractivity contribution in [3.8, 4) is 0 Å². The summed E-state index contributed by atoms with van der Waals surface area (Å²) in [6.07, 6.45) is 2.37. The van der Waals surface area contributed by atoms with E-state index in [2.05, 4.69) is 53.6 Å². The predicted molar refractivity (Wildman–Crippen MR) is 116 cm³/mol. The summed E-state index contributed by atoms with van der Waals surface area (Å²) in [7, 11) is 0. The molecule has 1 fully saturated rings. The summed E-state index contributed by atoms with van der Waals surface area (Å²) in [6, 6.07) is 8.42. The first-order valence-corrected chi connectivity index (χ1v) is 9.16. The zero-order chi connectivity index (χ0) is 17.0. The average Bonchev–Trinajstić information content (AvgIpc) is 2.61. The molecule has 1 heterocycles. The normalized spacial score (nSPS) is 15.5. The quantitative estimate of drug-likeness (QED) is 0.271. The van der Waals surface area contributed by atoms with Gasteiger partial charge in [0, 0.05) is 26.2 Å². The van der Waals surface area contributed by atoms with Crippen LogP contribution in [0.2, 0.25) is 0 Å². The smallest absolute Gasteiger partial charge is 0.191 e. The largest absolute Gasteiger partial charge is 0.379 e. The molecule has 0 radical (unpaired) electrons. The van der Waals surface area contributed by atoms with Gasteiger partial charge in [0.2, 0.25) is 0 Å². The summed E-state index contributed by atoms with van der Waals surface area (Å²) < 4.78 is 5.38. The molecule has 0 bridgehead atoms. The van der Waals surface area contributed by atoms with Gasteiger partial charge in [-0.1, -0.05) is 24.3 Å². The molecular formula is C19H33IN4O. The van der Waals surface area contributed by atoms with Gasteiger partial charge in [0.05, 0.1) is 19.8 Å². The topological polar surface area (TPSA) is 48.9 Å². The summed E-state index contributed by atoms with van der Waals surface area (Å²) in [4.78, 5) is 7.19. The van der Waals surface area contributed by atoms with E-state index in [1.807, 2.05) is 0 Å². The van der Waals surface area contributed by atoms with Gasteiger partial charge in [0.15, 0.2) is 5.96 Å². The lowest BCUT2D eigenvalue weighted by Crippen LogP contribution is -2.39. The minimum atomic E-state index is 0. The van der Waals surface area contributed by atoms with Crippen molar-refractivity contribution in [1.82, 2.24) is 15.5 Å². The van der Waals surface area contributed by atoms with Crippen LogP contribution >= 0.6 is 24.0 Å². The second-order valence-electron chi connectivity index (χ2n) is 6.21. The molecule has 1 aromatic rings. The molecule has 1 aliphatic heterocycles. The number of rotatable bonds is 8. The number of hydrogen-bond acceptors (Lipinski definition) is 3. The molecule has 0 atom stereocenters. The highest BCUT2D eigenvalue weighted by atomic mass is 127.